The first kappa shape index (κ1) is 17.8. The molecule has 1 aliphatic rings. The molecule has 1 aromatic heterocycles. The summed E-state index contributed by atoms with van der Waals surface area (Å²) >= 11 is 0. The molecule has 0 amide bonds. The number of nitrogens with zero attached hydrogens (tertiary/aromatic N) is 3. The lowest BCUT2D eigenvalue weighted by atomic mass is 9.82. The molecule has 0 aliphatic carbocycles. The van der Waals surface area contributed by atoms with Crippen molar-refractivity contribution in [3.8, 4) is 0 Å². The summed E-state index contributed by atoms with van der Waals surface area (Å²) in [5.41, 5.74) is 3.92. The van der Waals surface area contributed by atoms with E-state index in [-0.39, 0.29) is 5.41 Å². The van der Waals surface area contributed by atoms with Crippen LogP contribution in [0.5, 0.6) is 0 Å². The van der Waals surface area contributed by atoms with Crippen LogP contribution in [0.15, 0.2) is 36.7 Å². The van der Waals surface area contributed by atoms with Crippen LogP contribution in [-0.2, 0) is 16.7 Å². The summed E-state index contributed by atoms with van der Waals surface area (Å²) in [7, 11) is 0. The van der Waals surface area contributed by atoms with Gasteiger partial charge >= 0.3 is 0 Å². The lowest BCUT2D eigenvalue weighted by Gasteiger charge is -2.28. The molecule has 0 radical (unpaired) electrons. The largest absolute Gasteiger partial charge is 0.378 e. The van der Waals surface area contributed by atoms with Gasteiger partial charge in [0.25, 0.3) is 0 Å². The van der Waals surface area contributed by atoms with Gasteiger partial charge in [-0.1, -0.05) is 38.1 Å². The van der Waals surface area contributed by atoms with Crippen molar-refractivity contribution >= 4 is 5.95 Å². The van der Waals surface area contributed by atoms with E-state index in [4.69, 9.17) is 4.74 Å². The molecule has 2 heterocycles. The maximum absolute atomic E-state index is 5.37. The van der Waals surface area contributed by atoms with Gasteiger partial charge in [0, 0.05) is 49.6 Å². The van der Waals surface area contributed by atoms with Crippen LogP contribution in [0.3, 0.4) is 0 Å². The number of aryl methyl sites for hydroxylation is 1. The Bertz CT molecular complexity index is 678. The fourth-order valence-electron chi connectivity index (χ4n) is 3.31. The van der Waals surface area contributed by atoms with Gasteiger partial charge in [0.2, 0.25) is 5.95 Å². The Labute approximate surface area is 150 Å². The van der Waals surface area contributed by atoms with Crippen molar-refractivity contribution < 1.29 is 4.74 Å². The van der Waals surface area contributed by atoms with Crippen molar-refractivity contribution in [2.45, 2.75) is 32.7 Å². The zero-order valence-corrected chi connectivity index (χ0v) is 15.5. The third-order valence-corrected chi connectivity index (χ3v) is 4.76. The van der Waals surface area contributed by atoms with E-state index in [9.17, 15) is 0 Å². The van der Waals surface area contributed by atoms with E-state index in [1.165, 1.54) is 11.1 Å². The highest BCUT2D eigenvalue weighted by Gasteiger charge is 2.21. The topological polar surface area (TPSA) is 50.3 Å². The van der Waals surface area contributed by atoms with Crippen molar-refractivity contribution in [3.05, 3.63) is 53.3 Å². The summed E-state index contributed by atoms with van der Waals surface area (Å²) in [6.07, 6.45) is 3.84. The smallest absolute Gasteiger partial charge is 0.225 e. The molecule has 25 heavy (non-hydrogen) atoms. The molecule has 3 rings (SSSR count). The van der Waals surface area contributed by atoms with Crippen LogP contribution in [0.2, 0.25) is 0 Å². The van der Waals surface area contributed by atoms with Gasteiger partial charge in [-0.15, -0.1) is 0 Å². The Morgan fingerprint density at radius 2 is 1.80 bits per heavy atom. The van der Waals surface area contributed by atoms with Crippen LogP contribution >= 0.6 is 0 Å². The summed E-state index contributed by atoms with van der Waals surface area (Å²) in [4.78, 5) is 11.2. The number of morpholine rings is 1. The molecule has 134 valence electrons. The summed E-state index contributed by atoms with van der Waals surface area (Å²) in [5.74, 6) is 0.798. The second-order valence-corrected chi connectivity index (χ2v) is 7.29. The normalized spacial score (nSPS) is 15.4. The van der Waals surface area contributed by atoms with Crippen LogP contribution in [0, 0.1) is 6.92 Å². The fourth-order valence-corrected chi connectivity index (χ4v) is 3.31. The molecule has 0 atom stereocenters. The Balaban J connectivity index is 1.54. The van der Waals surface area contributed by atoms with Gasteiger partial charge in [-0.3, -0.25) is 0 Å². The number of nitrogens with one attached hydrogen (secondary N) is 1. The van der Waals surface area contributed by atoms with E-state index in [2.05, 4.69) is 65.2 Å². The maximum Gasteiger partial charge on any atom is 0.225 e. The molecule has 2 aromatic rings. The predicted octanol–water partition coefficient (Wildman–Crippen LogP) is 2.69. The van der Waals surface area contributed by atoms with Crippen molar-refractivity contribution in [3.63, 3.8) is 0 Å². The molecule has 0 unspecified atom stereocenters. The summed E-state index contributed by atoms with van der Waals surface area (Å²) in [5, 5.41) is 3.55. The average molecular weight is 340 g/mol. The first-order chi connectivity index (χ1) is 12.1. The molecular formula is C20H28N4O. The SMILES string of the molecule is Cc1ccccc1C(C)(C)CNCc1cnc(N2CCOCC2)nc1. The second-order valence-electron chi connectivity index (χ2n) is 7.29. The van der Waals surface area contributed by atoms with Crippen LogP contribution in [0.4, 0.5) is 5.95 Å². The summed E-state index contributed by atoms with van der Waals surface area (Å²) in [6.45, 7) is 11.6. The molecule has 0 spiro atoms. The van der Waals surface area contributed by atoms with Crippen molar-refractivity contribution in [1.29, 1.82) is 0 Å². The third kappa shape index (κ3) is 4.55. The average Bonchev–Trinajstić information content (AvgIpc) is 2.63. The van der Waals surface area contributed by atoms with Gasteiger partial charge in [0.15, 0.2) is 0 Å². The highest BCUT2D eigenvalue weighted by Crippen LogP contribution is 2.25. The van der Waals surface area contributed by atoms with Gasteiger partial charge < -0.3 is 15.0 Å². The minimum absolute atomic E-state index is 0.0833. The van der Waals surface area contributed by atoms with Crippen molar-refractivity contribution in [1.82, 2.24) is 15.3 Å². The van der Waals surface area contributed by atoms with E-state index in [0.717, 1.165) is 50.9 Å². The van der Waals surface area contributed by atoms with E-state index in [1.54, 1.807) is 0 Å². The molecule has 0 bridgehead atoms. The molecular weight excluding hydrogens is 312 g/mol. The quantitative estimate of drug-likeness (QED) is 0.876. The Kier molecular flexibility index (Phi) is 5.66. The molecule has 1 saturated heterocycles. The van der Waals surface area contributed by atoms with Gasteiger partial charge in [0.1, 0.15) is 0 Å². The van der Waals surface area contributed by atoms with Gasteiger partial charge in [-0.25, -0.2) is 9.97 Å². The number of rotatable bonds is 6. The van der Waals surface area contributed by atoms with E-state index < -0.39 is 0 Å². The Morgan fingerprint density at radius 3 is 2.48 bits per heavy atom. The number of ether oxygens (including phenoxy) is 1. The predicted molar refractivity (Wildman–Crippen MR) is 101 cm³/mol. The van der Waals surface area contributed by atoms with Crippen LogP contribution in [0.1, 0.15) is 30.5 Å². The first-order valence-electron chi connectivity index (χ1n) is 8.97. The van der Waals surface area contributed by atoms with Crippen LogP contribution < -0.4 is 10.2 Å². The minimum Gasteiger partial charge on any atom is -0.378 e. The first-order valence-corrected chi connectivity index (χ1v) is 8.97. The Morgan fingerprint density at radius 1 is 1.12 bits per heavy atom. The number of benzene rings is 1. The fraction of sp³-hybridized carbons (Fsp3) is 0.500. The molecule has 0 saturated carbocycles. The number of hydrogen-bond acceptors (Lipinski definition) is 5. The van der Waals surface area contributed by atoms with Crippen molar-refractivity contribution in [2.24, 2.45) is 0 Å². The lowest BCUT2D eigenvalue weighted by Crippen LogP contribution is -2.37. The maximum atomic E-state index is 5.37. The monoisotopic (exact) mass is 340 g/mol. The number of hydrogen-bond donors (Lipinski definition) is 1. The summed E-state index contributed by atoms with van der Waals surface area (Å²) < 4.78 is 5.37. The zero-order chi connectivity index (χ0) is 17.7. The molecule has 1 aliphatic heterocycles. The summed E-state index contributed by atoms with van der Waals surface area (Å²) in [6, 6.07) is 8.60. The minimum atomic E-state index is 0.0833. The number of aromatic nitrogens is 2. The molecule has 1 fully saturated rings. The van der Waals surface area contributed by atoms with Gasteiger partial charge in [-0.2, -0.15) is 0 Å². The van der Waals surface area contributed by atoms with E-state index in [0.29, 0.717) is 0 Å². The third-order valence-electron chi connectivity index (χ3n) is 4.76. The standard InChI is InChI=1S/C20H28N4O/c1-16-6-4-5-7-18(16)20(2,3)15-21-12-17-13-22-19(23-14-17)24-8-10-25-11-9-24/h4-7,13-14,21H,8-12,15H2,1-3H3. The van der Waals surface area contributed by atoms with Crippen molar-refractivity contribution in [2.75, 3.05) is 37.7 Å². The Hall–Kier alpha value is -1.98. The van der Waals surface area contributed by atoms with Crippen LogP contribution in [0.25, 0.3) is 0 Å². The highest BCUT2D eigenvalue weighted by molar-refractivity contribution is 5.33. The van der Waals surface area contributed by atoms with Gasteiger partial charge in [0.05, 0.1) is 13.2 Å². The van der Waals surface area contributed by atoms with Gasteiger partial charge in [-0.05, 0) is 18.1 Å². The van der Waals surface area contributed by atoms with E-state index in [1.807, 2.05) is 12.4 Å². The highest BCUT2D eigenvalue weighted by atomic mass is 16.5. The second kappa shape index (κ2) is 7.93. The number of anilines is 1. The van der Waals surface area contributed by atoms with Crippen LogP contribution in [-0.4, -0.2) is 42.8 Å². The lowest BCUT2D eigenvalue weighted by molar-refractivity contribution is 0.122. The molecule has 1 N–H and O–H groups in total. The molecule has 5 nitrogen and oxygen atoms in total. The molecule has 5 heteroatoms. The zero-order valence-electron chi connectivity index (χ0n) is 15.5. The molecule has 1 aromatic carbocycles. The van der Waals surface area contributed by atoms with E-state index >= 15 is 0 Å².